The summed E-state index contributed by atoms with van der Waals surface area (Å²) in [6.45, 7) is 4.11. The molecule has 1 N–H and O–H groups in total. The van der Waals surface area contributed by atoms with Gasteiger partial charge in [0.15, 0.2) is 0 Å². The molecule has 0 bridgehead atoms. The molecule has 0 amide bonds. The number of rotatable bonds is 8. The first-order chi connectivity index (χ1) is 9.79. The van der Waals surface area contributed by atoms with Crippen LogP contribution in [0.4, 0.5) is 4.39 Å². The molecule has 2 rings (SSSR count). The Labute approximate surface area is 118 Å². The average Bonchev–Trinajstić information content (AvgIpc) is 2.89. The van der Waals surface area contributed by atoms with E-state index in [0.717, 1.165) is 32.4 Å². The molecule has 1 aromatic carbocycles. The van der Waals surface area contributed by atoms with Gasteiger partial charge in [-0.15, -0.1) is 10.2 Å². The Kier molecular flexibility index (Phi) is 5.68. The Hall–Kier alpha value is -1.75. The molecule has 0 unspecified atom stereocenters. The maximum Gasteiger partial charge on any atom is 0.221 e. The molecule has 20 heavy (non-hydrogen) atoms. The van der Waals surface area contributed by atoms with Gasteiger partial charge >= 0.3 is 0 Å². The van der Waals surface area contributed by atoms with Gasteiger partial charge in [0.1, 0.15) is 5.82 Å². The minimum atomic E-state index is -0.240. The van der Waals surface area contributed by atoms with Gasteiger partial charge in [-0.3, -0.25) is 0 Å². The third-order valence-corrected chi connectivity index (χ3v) is 2.98. The molecule has 0 aliphatic carbocycles. The third-order valence-electron chi connectivity index (χ3n) is 2.98. The second-order valence-electron chi connectivity index (χ2n) is 4.71. The van der Waals surface area contributed by atoms with E-state index in [0.29, 0.717) is 23.8 Å². The van der Waals surface area contributed by atoms with Gasteiger partial charge in [0.05, 0.1) is 6.42 Å². The van der Waals surface area contributed by atoms with Crippen molar-refractivity contribution in [2.75, 3.05) is 13.1 Å². The van der Waals surface area contributed by atoms with Crippen molar-refractivity contribution in [3.63, 3.8) is 0 Å². The van der Waals surface area contributed by atoms with Crippen molar-refractivity contribution >= 4 is 0 Å². The van der Waals surface area contributed by atoms with Crippen molar-refractivity contribution in [1.82, 2.24) is 15.5 Å². The fraction of sp³-hybridized carbons (Fsp3) is 0.467. The Morgan fingerprint density at radius 1 is 1.15 bits per heavy atom. The summed E-state index contributed by atoms with van der Waals surface area (Å²) in [6.07, 6.45) is 3.18. The van der Waals surface area contributed by atoms with Crippen molar-refractivity contribution in [3.8, 4) is 0 Å². The molecule has 1 heterocycles. The first kappa shape index (κ1) is 14.7. The standard InChI is InChI=1S/C15H20FN3O/c1-2-9-17-10-5-8-14-18-19-15(20-14)11-12-6-3-4-7-13(12)16/h3-4,6-7,17H,2,5,8-11H2,1H3. The minimum absolute atomic E-state index is 0.240. The first-order valence-corrected chi connectivity index (χ1v) is 7.05. The van der Waals surface area contributed by atoms with Crippen LogP contribution >= 0.6 is 0 Å². The molecule has 0 saturated carbocycles. The van der Waals surface area contributed by atoms with Gasteiger partial charge < -0.3 is 9.73 Å². The van der Waals surface area contributed by atoms with Gasteiger partial charge in [-0.2, -0.15) is 0 Å². The number of halogens is 1. The summed E-state index contributed by atoms with van der Waals surface area (Å²) in [5.74, 6) is 0.845. The number of benzene rings is 1. The largest absolute Gasteiger partial charge is 0.425 e. The zero-order valence-electron chi connectivity index (χ0n) is 11.7. The quantitative estimate of drug-likeness (QED) is 0.754. The van der Waals surface area contributed by atoms with E-state index in [9.17, 15) is 4.39 Å². The average molecular weight is 277 g/mol. The lowest BCUT2D eigenvalue weighted by Crippen LogP contribution is -2.16. The normalized spacial score (nSPS) is 10.9. The lowest BCUT2D eigenvalue weighted by Gasteiger charge is -2.00. The number of aryl methyl sites for hydroxylation is 1. The Morgan fingerprint density at radius 3 is 2.75 bits per heavy atom. The SMILES string of the molecule is CCCNCCCc1nnc(Cc2ccccc2F)o1. The first-order valence-electron chi connectivity index (χ1n) is 7.05. The topological polar surface area (TPSA) is 51.0 Å². The Balaban J connectivity index is 1.82. The number of nitrogens with one attached hydrogen (secondary N) is 1. The summed E-state index contributed by atoms with van der Waals surface area (Å²) >= 11 is 0. The molecule has 4 nitrogen and oxygen atoms in total. The second-order valence-corrected chi connectivity index (χ2v) is 4.71. The second kappa shape index (κ2) is 7.75. The summed E-state index contributed by atoms with van der Waals surface area (Å²) in [5, 5.41) is 11.3. The zero-order valence-corrected chi connectivity index (χ0v) is 11.7. The summed E-state index contributed by atoms with van der Waals surface area (Å²) in [7, 11) is 0. The molecule has 0 atom stereocenters. The molecule has 0 aliphatic heterocycles. The van der Waals surface area contributed by atoms with Crippen LogP contribution in [0.25, 0.3) is 0 Å². The van der Waals surface area contributed by atoms with Crippen molar-refractivity contribution in [1.29, 1.82) is 0 Å². The summed E-state index contributed by atoms with van der Waals surface area (Å²) in [4.78, 5) is 0. The van der Waals surface area contributed by atoms with E-state index < -0.39 is 0 Å². The zero-order chi connectivity index (χ0) is 14.2. The summed E-state index contributed by atoms with van der Waals surface area (Å²) < 4.78 is 19.0. The van der Waals surface area contributed by atoms with Crippen molar-refractivity contribution < 1.29 is 8.81 Å². The Bertz CT molecular complexity index is 527. The Morgan fingerprint density at radius 2 is 1.95 bits per heavy atom. The van der Waals surface area contributed by atoms with Gasteiger partial charge in [-0.25, -0.2) is 4.39 Å². The molecular formula is C15H20FN3O. The number of hydrogen-bond acceptors (Lipinski definition) is 4. The molecule has 108 valence electrons. The number of aromatic nitrogens is 2. The van der Waals surface area contributed by atoms with Crippen LogP contribution in [0.15, 0.2) is 28.7 Å². The monoisotopic (exact) mass is 277 g/mol. The van der Waals surface area contributed by atoms with E-state index in [4.69, 9.17) is 4.42 Å². The highest BCUT2D eigenvalue weighted by Gasteiger charge is 2.09. The van der Waals surface area contributed by atoms with Crippen LogP contribution in [-0.2, 0) is 12.8 Å². The molecular weight excluding hydrogens is 257 g/mol. The van der Waals surface area contributed by atoms with Gasteiger partial charge in [-0.05, 0) is 37.6 Å². The van der Waals surface area contributed by atoms with Crippen LogP contribution < -0.4 is 5.32 Å². The fourth-order valence-electron chi connectivity index (χ4n) is 1.93. The lowest BCUT2D eigenvalue weighted by molar-refractivity contribution is 0.446. The fourth-order valence-corrected chi connectivity index (χ4v) is 1.93. The van der Waals surface area contributed by atoms with Crippen LogP contribution in [0, 0.1) is 5.82 Å². The van der Waals surface area contributed by atoms with Gasteiger partial charge in [0, 0.05) is 6.42 Å². The highest BCUT2D eigenvalue weighted by atomic mass is 19.1. The maximum absolute atomic E-state index is 13.5. The van der Waals surface area contributed by atoms with Gasteiger partial charge in [0.2, 0.25) is 11.8 Å². The molecule has 2 aromatic rings. The van der Waals surface area contributed by atoms with E-state index in [1.165, 1.54) is 6.07 Å². The van der Waals surface area contributed by atoms with Crippen LogP contribution in [0.1, 0.15) is 37.1 Å². The van der Waals surface area contributed by atoms with E-state index in [2.05, 4.69) is 22.4 Å². The van der Waals surface area contributed by atoms with E-state index in [1.807, 2.05) is 0 Å². The lowest BCUT2D eigenvalue weighted by atomic mass is 10.1. The van der Waals surface area contributed by atoms with Gasteiger partial charge in [-0.1, -0.05) is 25.1 Å². The predicted molar refractivity (Wildman–Crippen MR) is 75.0 cm³/mol. The van der Waals surface area contributed by atoms with Crippen LogP contribution in [-0.4, -0.2) is 23.3 Å². The van der Waals surface area contributed by atoms with E-state index in [1.54, 1.807) is 18.2 Å². The van der Waals surface area contributed by atoms with Crippen LogP contribution in [0.3, 0.4) is 0 Å². The smallest absolute Gasteiger partial charge is 0.221 e. The minimum Gasteiger partial charge on any atom is -0.425 e. The van der Waals surface area contributed by atoms with Crippen molar-refractivity contribution in [2.45, 2.75) is 32.6 Å². The molecule has 0 spiro atoms. The highest BCUT2D eigenvalue weighted by Crippen LogP contribution is 2.12. The van der Waals surface area contributed by atoms with E-state index in [-0.39, 0.29) is 5.82 Å². The van der Waals surface area contributed by atoms with Crippen molar-refractivity contribution in [2.24, 2.45) is 0 Å². The molecule has 0 radical (unpaired) electrons. The molecule has 0 saturated heterocycles. The highest BCUT2D eigenvalue weighted by molar-refractivity contribution is 5.20. The predicted octanol–water partition coefficient (Wildman–Crippen LogP) is 2.73. The van der Waals surface area contributed by atoms with Crippen LogP contribution in [0.2, 0.25) is 0 Å². The molecule has 0 fully saturated rings. The maximum atomic E-state index is 13.5. The molecule has 1 aromatic heterocycles. The third kappa shape index (κ3) is 4.42. The van der Waals surface area contributed by atoms with Crippen LogP contribution in [0.5, 0.6) is 0 Å². The van der Waals surface area contributed by atoms with Gasteiger partial charge in [0.25, 0.3) is 0 Å². The van der Waals surface area contributed by atoms with Crippen molar-refractivity contribution in [3.05, 3.63) is 47.4 Å². The molecule has 0 aliphatic rings. The van der Waals surface area contributed by atoms with E-state index >= 15 is 0 Å². The number of hydrogen-bond donors (Lipinski definition) is 1. The summed E-state index contributed by atoms with van der Waals surface area (Å²) in [5.41, 5.74) is 0.576. The molecule has 5 heteroatoms. The number of nitrogens with zero attached hydrogens (tertiary/aromatic N) is 2. The summed E-state index contributed by atoms with van der Waals surface area (Å²) in [6, 6.07) is 6.64.